The van der Waals surface area contributed by atoms with Crippen molar-refractivity contribution in [2.24, 2.45) is 11.7 Å². The average molecular weight is 348 g/mol. The molecular formula is C17H18F2N4O2. The molecule has 1 fully saturated rings. The van der Waals surface area contributed by atoms with Crippen molar-refractivity contribution in [3.8, 4) is 5.69 Å². The summed E-state index contributed by atoms with van der Waals surface area (Å²) in [4.78, 5) is 25.5. The number of hydrogen-bond acceptors (Lipinski definition) is 3. The Bertz CT molecular complexity index is 826. The van der Waals surface area contributed by atoms with Crippen LogP contribution in [-0.4, -0.2) is 39.6 Å². The number of piperidine rings is 1. The van der Waals surface area contributed by atoms with Gasteiger partial charge in [0.25, 0.3) is 5.91 Å². The second-order valence-electron chi connectivity index (χ2n) is 6.12. The van der Waals surface area contributed by atoms with Crippen molar-refractivity contribution in [2.75, 3.05) is 13.1 Å². The SMILES string of the molecule is Cc1c(C(=O)N2CCC(C(N)=O)CC2)cnn1-c1ccc(F)cc1F. The van der Waals surface area contributed by atoms with Crippen molar-refractivity contribution in [3.63, 3.8) is 0 Å². The van der Waals surface area contributed by atoms with Gasteiger partial charge >= 0.3 is 0 Å². The maximum absolute atomic E-state index is 14.0. The van der Waals surface area contributed by atoms with Crippen LogP contribution >= 0.6 is 0 Å². The zero-order valence-corrected chi connectivity index (χ0v) is 13.7. The van der Waals surface area contributed by atoms with Crippen molar-refractivity contribution < 1.29 is 18.4 Å². The fourth-order valence-electron chi connectivity index (χ4n) is 3.05. The summed E-state index contributed by atoms with van der Waals surface area (Å²) < 4.78 is 28.3. The van der Waals surface area contributed by atoms with E-state index in [2.05, 4.69) is 5.10 Å². The summed E-state index contributed by atoms with van der Waals surface area (Å²) in [5.41, 5.74) is 6.19. The average Bonchev–Trinajstić information content (AvgIpc) is 2.96. The third-order valence-electron chi connectivity index (χ3n) is 4.56. The summed E-state index contributed by atoms with van der Waals surface area (Å²) in [5.74, 6) is -2.22. The Morgan fingerprint density at radius 1 is 1.24 bits per heavy atom. The molecular weight excluding hydrogens is 330 g/mol. The van der Waals surface area contributed by atoms with Crippen LogP contribution in [0.3, 0.4) is 0 Å². The van der Waals surface area contributed by atoms with Gasteiger partial charge < -0.3 is 10.6 Å². The van der Waals surface area contributed by atoms with Gasteiger partial charge in [-0.1, -0.05) is 0 Å². The minimum absolute atomic E-state index is 0.0744. The fraction of sp³-hybridized carbons (Fsp3) is 0.353. The molecule has 3 rings (SSSR count). The summed E-state index contributed by atoms with van der Waals surface area (Å²) in [5, 5.41) is 4.07. The van der Waals surface area contributed by atoms with Crippen molar-refractivity contribution in [1.82, 2.24) is 14.7 Å². The van der Waals surface area contributed by atoms with Gasteiger partial charge in [0.1, 0.15) is 11.5 Å². The standard InChI is InChI=1S/C17H18F2N4O2/c1-10-13(17(25)22-6-4-11(5-7-22)16(20)24)9-21-23(10)15-3-2-12(18)8-14(15)19/h2-3,8-9,11H,4-7H2,1H3,(H2,20,24). The molecule has 2 heterocycles. The molecule has 6 nitrogen and oxygen atoms in total. The third-order valence-corrected chi connectivity index (χ3v) is 4.56. The Kier molecular flexibility index (Phi) is 4.52. The van der Waals surface area contributed by atoms with Crippen LogP contribution in [0.4, 0.5) is 8.78 Å². The van der Waals surface area contributed by atoms with E-state index in [9.17, 15) is 18.4 Å². The fourth-order valence-corrected chi connectivity index (χ4v) is 3.05. The molecule has 2 aromatic rings. The molecule has 1 saturated heterocycles. The van der Waals surface area contributed by atoms with Gasteiger partial charge in [-0.05, 0) is 31.9 Å². The first kappa shape index (κ1) is 17.1. The number of likely N-dealkylation sites (tertiary alicyclic amines) is 1. The molecule has 2 N–H and O–H groups in total. The number of carbonyl (C=O) groups is 2. The van der Waals surface area contributed by atoms with Crippen LogP contribution < -0.4 is 5.73 Å². The number of nitrogens with zero attached hydrogens (tertiary/aromatic N) is 3. The van der Waals surface area contributed by atoms with E-state index in [0.29, 0.717) is 37.2 Å². The smallest absolute Gasteiger partial charge is 0.257 e. The Morgan fingerprint density at radius 2 is 1.92 bits per heavy atom. The normalized spacial score (nSPS) is 15.4. The number of carbonyl (C=O) groups excluding carboxylic acids is 2. The summed E-state index contributed by atoms with van der Waals surface area (Å²) in [6.07, 6.45) is 2.43. The number of rotatable bonds is 3. The Labute approximate surface area is 143 Å². The molecule has 0 spiro atoms. The minimum atomic E-state index is -0.757. The van der Waals surface area contributed by atoms with Crippen LogP contribution in [0.15, 0.2) is 24.4 Å². The molecule has 1 aromatic carbocycles. The molecule has 1 aliphatic heterocycles. The summed E-state index contributed by atoms with van der Waals surface area (Å²) in [7, 11) is 0. The van der Waals surface area contributed by atoms with Crippen molar-refractivity contribution in [2.45, 2.75) is 19.8 Å². The Hall–Kier alpha value is -2.77. The number of primary amides is 1. The summed E-state index contributed by atoms with van der Waals surface area (Å²) in [6, 6.07) is 3.18. The lowest BCUT2D eigenvalue weighted by molar-refractivity contribution is -0.123. The van der Waals surface area contributed by atoms with E-state index in [4.69, 9.17) is 5.73 Å². The van der Waals surface area contributed by atoms with Crippen molar-refractivity contribution >= 4 is 11.8 Å². The van der Waals surface area contributed by atoms with Crippen LogP contribution in [0.5, 0.6) is 0 Å². The highest BCUT2D eigenvalue weighted by molar-refractivity contribution is 5.95. The molecule has 2 amide bonds. The second kappa shape index (κ2) is 6.62. The highest BCUT2D eigenvalue weighted by atomic mass is 19.1. The zero-order chi connectivity index (χ0) is 18.1. The molecule has 1 aliphatic rings. The first-order chi connectivity index (χ1) is 11.9. The van der Waals surface area contributed by atoms with Crippen molar-refractivity contribution in [3.05, 3.63) is 47.3 Å². The van der Waals surface area contributed by atoms with Gasteiger partial charge in [-0.2, -0.15) is 5.10 Å². The van der Waals surface area contributed by atoms with E-state index in [1.54, 1.807) is 11.8 Å². The second-order valence-corrected chi connectivity index (χ2v) is 6.12. The zero-order valence-electron chi connectivity index (χ0n) is 13.7. The van der Waals surface area contributed by atoms with Gasteiger partial charge in [-0.15, -0.1) is 0 Å². The number of benzene rings is 1. The predicted molar refractivity (Wildman–Crippen MR) is 86.0 cm³/mol. The highest BCUT2D eigenvalue weighted by Crippen LogP contribution is 2.22. The molecule has 0 saturated carbocycles. The maximum Gasteiger partial charge on any atom is 0.257 e. The summed E-state index contributed by atoms with van der Waals surface area (Å²) >= 11 is 0. The van der Waals surface area contributed by atoms with Gasteiger partial charge in [-0.25, -0.2) is 13.5 Å². The number of halogens is 2. The lowest BCUT2D eigenvalue weighted by Gasteiger charge is -2.30. The van der Waals surface area contributed by atoms with Gasteiger partial charge in [0.15, 0.2) is 5.82 Å². The molecule has 0 unspecified atom stereocenters. The number of hydrogen-bond donors (Lipinski definition) is 1. The first-order valence-corrected chi connectivity index (χ1v) is 7.97. The third kappa shape index (κ3) is 3.24. The number of aromatic nitrogens is 2. The van der Waals surface area contributed by atoms with Gasteiger partial charge in [0, 0.05) is 25.1 Å². The summed E-state index contributed by atoms with van der Waals surface area (Å²) in [6.45, 7) is 2.52. The Morgan fingerprint density at radius 3 is 2.52 bits per heavy atom. The van der Waals surface area contributed by atoms with Gasteiger partial charge in [0.05, 0.1) is 17.5 Å². The van der Waals surface area contributed by atoms with E-state index in [1.807, 2.05) is 0 Å². The van der Waals surface area contributed by atoms with Crippen LogP contribution in [0, 0.1) is 24.5 Å². The van der Waals surface area contributed by atoms with Gasteiger partial charge in [-0.3, -0.25) is 9.59 Å². The monoisotopic (exact) mass is 348 g/mol. The topological polar surface area (TPSA) is 81.2 Å². The Balaban J connectivity index is 1.81. The number of nitrogens with two attached hydrogens (primary N) is 1. The van der Waals surface area contributed by atoms with E-state index in [-0.39, 0.29) is 23.4 Å². The maximum atomic E-state index is 14.0. The first-order valence-electron chi connectivity index (χ1n) is 7.97. The van der Waals surface area contributed by atoms with E-state index < -0.39 is 11.6 Å². The minimum Gasteiger partial charge on any atom is -0.369 e. The molecule has 1 aromatic heterocycles. The van der Waals surface area contributed by atoms with Crippen molar-refractivity contribution in [1.29, 1.82) is 0 Å². The molecule has 0 bridgehead atoms. The van der Waals surface area contributed by atoms with Gasteiger partial charge in [0.2, 0.25) is 5.91 Å². The van der Waals surface area contributed by atoms with E-state index >= 15 is 0 Å². The number of amides is 2. The van der Waals surface area contributed by atoms with Crippen LogP contribution in [0.25, 0.3) is 5.69 Å². The van der Waals surface area contributed by atoms with E-state index in [1.165, 1.54) is 16.9 Å². The van der Waals surface area contributed by atoms with Crippen LogP contribution in [0.2, 0.25) is 0 Å². The molecule has 0 radical (unpaired) electrons. The lowest BCUT2D eigenvalue weighted by Crippen LogP contribution is -2.41. The van der Waals surface area contributed by atoms with Crippen LogP contribution in [0.1, 0.15) is 28.9 Å². The molecule has 0 atom stereocenters. The molecule has 0 aliphatic carbocycles. The quantitative estimate of drug-likeness (QED) is 0.918. The lowest BCUT2D eigenvalue weighted by atomic mass is 9.96. The van der Waals surface area contributed by atoms with E-state index in [0.717, 1.165) is 12.1 Å². The largest absolute Gasteiger partial charge is 0.369 e. The molecule has 132 valence electrons. The molecule has 8 heteroatoms. The molecule has 25 heavy (non-hydrogen) atoms. The predicted octanol–water partition coefficient (Wildman–Crippen LogP) is 1.80. The van der Waals surface area contributed by atoms with Crippen LogP contribution in [-0.2, 0) is 4.79 Å². The highest BCUT2D eigenvalue weighted by Gasteiger charge is 2.28.